The number of ether oxygens (including phenoxy) is 1. The number of benzene rings is 3. The molecule has 0 radical (unpaired) electrons. The van der Waals surface area contributed by atoms with Gasteiger partial charge in [0.2, 0.25) is 11.8 Å². The summed E-state index contributed by atoms with van der Waals surface area (Å²) in [6, 6.07) is 20.4. The van der Waals surface area contributed by atoms with Gasteiger partial charge in [-0.3, -0.25) is 19.3 Å². The Hall–Kier alpha value is -4.53. The van der Waals surface area contributed by atoms with Crippen molar-refractivity contribution in [1.29, 1.82) is 0 Å². The SMILES string of the molecule is COc1cccc([C@H](C(=O)NC2CCCC2)N(C(=O)Cn2nnc3ccccc32)c2cccc(C(C)=O)c2)c1. The molecule has 1 aromatic heterocycles. The van der Waals surface area contributed by atoms with Crippen molar-refractivity contribution in [2.24, 2.45) is 0 Å². The molecule has 0 spiro atoms. The molecule has 1 fully saturated rings. The van der Waals surface area contributed by atoms with Crippen LogP contribution in [0.5, 0.6) is 5.75 Å². The number of amides is 2. The predicted molar refractivity (Wildman–Crippen MR) is 148 cm³/mol. The van der Waals surface area contributed by atoms with Crippen LogP contribution in [0.1, 0.15) is 54.6 Å². The number of nitrogens with one attached hydrogen (secondary N) is 1. The van der Waals surface area contributed by atoms with E-state index >= 15 is 0 Å². The molecule has 39 heavy (non-hydrogen) atoms. The number of hydrogen-bond acceptors (Lipinski definition) is 6. The number of fused-ring (bicyclic) bond motifs is 1. The van der Waals surface area contributed by atoms with Crippen LogP contribution in [0.15, 0.2) is 72.8 Å². The lowest BCUT2D eigenvalue weighted by molar-refractivity contribution is -0.127. The molecule has 1 aliphatic rings. The van der Waals surface area contributed by atoms with E-state index in [1.54, 1.807) is 55.6 Å². The lowest BCUT2D eigenvalue weighted by Crippen LogP contribution is -2.47. The van der Waals surface area contributed by atoms with Gasteiger partial charge < -0.3 is 10.1 Å². The summed E-state index contributed by atoms with van der Waals surface area (Å²) in [5.41, 5.74) is 2.84. The van der Waals surface area contributed by atoms with E-state index in [0.717, 1.165) is 25.7 Å². The normalized spacial score (nSPS) is 14.2. The number of nitrogens with zero attached hydrogens (tertiary/aromatic N) is 4. The van der Waals surface area contributed by atoms with Crippen LogP contribution in [0.3, 0.4) is 0 Å². The number of carbonyl (C=O) groups excluding carboxylic acids is 3. The van der Waals surface area contributed by atoms with Crippen LogP contribution < -0.4 is 15.0 Å². The summed E-state index contributed by atoms with van der Waals surface area (Å²) in [6.45, 7) is 1.32. The molecule has 0 aliphatic heterocycles. The first-order valence-electron chi connectivity index (χ1n) is 13.1. The molecule has 1 heterocycles. The molecule has 3 aromatic carbocycles. The summed E-state index contributed by atoms with van der Waals surface area (Å²) in [7, 11) is 1.56. The van der Waals surface area contributed by atoms with Crippen molar-refractivity contribution in [3.8, 4) is 5.75 Å². The van der Waals surface area contributed by atoms with E-state index in [1.165, 1.54) is 16.5 Å². The molecule has 1 N–H and O–H groups in total. The van der Waals surface area contributed by atoms with Gasteiger partial charge in [-0.25, -0.2) is 4.68 Å². The zero-order valence-electron chi connectivity index (χ0n) is 22.0. The van der Waals surface area contributed by atoms with E-state index in [-0.39, 0.29) is 30.2 Å². The molecule has 0 saturated heterocycles. The monoisotopic (exact) mass is 525 g/mol. The summed E-state index contributed by atoms with van der Waals surface area (Å²) >= 11 is 0. The first-order valence-corrected chi connectivity index (χ1v) is 13.1. The van der Waals surface area contributed by atoms with Crippen LogP contribution >= 0.6 is 0 Å². The summed E-state index contributed by atoms with van der Waals surface area (Å²) < 4.78 is 6.97. The van der Waals surface area contributed by atoms with Crippen LogP contribution in [0.4, 0.5) is 5.69 Å². The molecule has 200 valence electrons. The highest BCUT2D eigenvalue weighted by atomic mass is 16.5. The Bertz CT molecular complexity index is 1510. The first-order chi connectivity index (χ1) is 18.9. The number of rotatable bonds is 9. The van der Waals surface area contributed by atoms with Crippen molar-refractivity contribution in [1.82, 2.24) is 20.3 Å². The van der Waals surface area contributed by atoms with Crippen LogP contribution in [0.2, 0.25) is 0 Å². The van der Waals surface area contributed by atoms with E-state index in [4.69, 9.17) is 4.74 Å². The summed E-state index contributed by atoms with van der Waals surface area (Å²) in [6.07, 6.45) is 3.90. The third-order valence-corrected chi connectivity index (χ3v) is 7.12. The lowest BCUT2D eigenvalue weighted by atomic mass is 10.0. The largest absolute Gasteiger partial charge is 0.497 e. The zero-order chi connectivity index (χ0) is 27.4. The van der Waals surface area contributed by atoms with Crippen LogP contribution in [0.25, 0.3) is 11.0 Å². The van der Waals surface area contributed by atoms with Crippen LogP contribution in [0, 0.1) is 0 Å². The fourth-order valence-electron chi connectivity index (χ4n) is 5.13. The Balaban J connectivity index is 1.61. The van der Waals surface area contributed by atoms with Crippen molar-refractivity contribution >= 4 is 34.3 Å². The van der Waals surface area contributed by atoms with E-state index in [1.807, 2.05) is 24.3 Å². The number of aromatic nitrogens is 3. The Kier molecular flexibility index (Phi) is 7.67. The molecule has 0 unspecified atom stereocenters. The third kappa shape index (κ3) is 5.67. The van der Waals surface area contributed by atoms with Gasteiger partial charge in [0.1, 0.15) is 23.9 Å². The zero-order valence-corrected chi connectivity index (χ0v) is 22.0. The Morgan fingerprint density at radius 1 is 1.03 bits per heavy atom. The smallest absolute Gasteiger partial charge is 0.249 e. The fourth-order valence-corrected chi connectivity index (χ4v) is 5.13. The van der Waals surface area contributed by atoms with Gasteiger partial charge >= 0.3 is 0 Å². The standard InChI is InChI=1S/C30H31N5O4/c1-20(36)21-9-7-13-24(17-21)35(28(37)19-34-27-16-6-5-15-26(27)32-33-34)29(22-10-8-14-25(18-22)39-2)30(38)31-23-11-3-4-12-23/h5-10,13-18,23,29H,3-4,11-12,19H2,1-2H3,(H,31,38)/t29-/m1/s1. The van der Waals surface area contributed by atoms with Gasteiger partial charge in [-0.05, 0) is 61.7 Å². The number of para-hydroxylation sites is 1. The van der Waals surface area contributed by atoms with Gasteiger partial charge in [0.15, 0.2) is 5.78 Å². The Morgan fingerprint density at radius 3 is 2.56 bits per heavy atom. The fraction of sp³-hybridized carbons (Fsp3) is 0.300. The molecule has 2 amide bonds. The molecular formula is C30H31N5O4. The second-order valence-corrected chi connectivity index (χ2v) is 9.78. The lowest BCUT2D eigenvalue weighted by Gasteiger charge is -2.32. The van der Waals surface area contributed by atoms with Gasteiger partial charge in [0, 0.05) is 17.3 Å². The summed E-state index contributed by atoms with van der Waals surface area (Å²) in [5, 5.41) is 11.5. The molecule has 0 bridgehead atoms. The number of methoxy groups -OCH3 is 1. The minimum atomic E-state index is -1.01. The second kappa shape index (κ2) is 11.5. The van der Waals surface area contributed by atoms with Crippen molar-refractivity contribution in [2.75, 3.05) is 12.0 Å². The minimum Gasteiger partial charge on any atom is -0.497 e. The van der Waals surface area contributed by atoms with Gasteiger partial charge in [-0.1, -0.05) is 54.5 Å². The van der Waals surface area contributed by atoms with Gasteiger partial charge in [-0.2, -0.15) is 0 Å². The molecule has 1 aliphatic carbocycles. The number of ketones is 1. The Labute approximate surface area is 226 Å². The highest BCUT2D eigenvalue weighted by Gasteiger charge is 2.35. The summed E-state index contributed by atoms with van der Waals surface area (Å²) in [4.78, 5) is 41.9. The quantitative estimate of drug-likeness (QED) is 0.323. The molecule has 9 nitrogen and oxygen atoms in total. The number of Topliss-reactive ketones (excluding diaryl/α,β-unsaturated/α-hetero) is 1. The van der Waals surface area contributed by atoms with Crippen LogP contribution in [-0.2, 0) is 16.1 Å². The summed E-state index contributed by atoms with van der Waals surface area (Å²) in [5.74, 6) is -0.237. The van der Waals surface area contributed by atoms with Crippen molar-refractivity contribution in [3.05, 3.63) is 83.9 Å². The molecule has 1 atom stereocenters. The third-order valence-electron chi connectivity index (χ3n) is 7.12. The Morgan fingerprint density at radius 2 is 1.79 bits per heavy atom. The van der Waals surface area contributed by atoms with Crippen molar-refractivity contribution in [2.45, 2.75) is 51.2 Å². The van der Waals surface area contributed by atoms with E-state index in [2.05, 4.69) is 15.6 Å². The van der Waals surface area contributed by atoms with Crippen LogP contribution in [-0.4, -0.2) is 45.7 Å². The maximum atomic E-state index is 14.2. The maximum Gasteiger partial charge on any atom is 0.249 e. The van der Waals surface area contributed by atoms with Gasteiger partial charge in [0.05, 0.1) is 12.6 Å². The number of hydrogen-bond donors (Lipinski definition) is 1. The topological polar surface area (TPSA) is 106 Å². The molecule has 5 rings (SSSR count). The highest BCUT2D eigenvalue weighted by molar-refractivity contribution is 6.03. The van der Waals surface area contributed by atoms with Crippen molar-refractivity contribution in [3.63, 3.8) is 0 Å². The van der Waals surface area contributed by atoms with Crippen molar-refractivity contribution < 1.29 is 19.1 Å². The molecular weight excluding hydrogens is 494 g/mol. The average molecular weight is 526 g/mol. The highest BCUT2D eigenvalue weighted by Crippen LogP contribution is 2.32. The van der Waals surface area contributed by atoms with Gasteiger partial charge in [0.25, 0.3) is 0 Å². The van der Waals surface area contributed by atoms with E-state index < -0.39 is 6.04 Å². The number of anilines is 1. The number of carbonyl (C=O) groups is 3. The first kappa shape index (κ1) is 26.1. The minimum absolute atomic E-state index is 0.0466. The van der Waals surface area contributed by atoms with E-state index in [9.17, 15) is 14.4 Å². The second-order valence-electron chi connectivity index (χ2n) is 9.78. The van der Waals surface area contributed by atoms with Gasteiger partial charge in [-0.15, -0.1) is 5.10 Å². The molecule has 4 aromatic rings. The van der Waals surface area contributed by atoms with E-state index in [0.29, 0.717) is 33.6 Å². The molecule has 9 heteroatoms. The average Bonchev–Trinajstić information content (AvgIpc) is 3.61. The molecule has 1 saturated carbocycles. The maximum absolute atomic E-state index is 14.2. The predicted octanol–water partition coefficient (Wildman–Crippen LogP) is 4.48.